The molecule has 0 fully saturated rings. The van der Waals surface area contributed by atoms with E-state index in [0.29, 0.717) is 13.0 Å². The van der Waals surface area contributed by atoms with Crippen LogP contribution in [-0.2, 0) is 13.1 Å². The van der Waals surface area contributed by atoms with Crippen molar-refractivity contribution >= 4 is 7.81 Å². The Balaban J connectivity index is 0.00000161. The van der Waals surface area contributed by atoms with Gasteiger partial charge in [0.15, 0.2) is 0 Å². The molecule has 0 radical (unpaired) electrons. The summed E-state index contributed by atoms with van der Waals surface area (Å²) in [7, 11) is -10.7. The Labute approximate surface area is 194 Å². The first-order valence-corrected chi connectivity index (χ1v) is 11.3. The maximum atomic E-state index is 13.7. The molecule has 0 saturated carbocycles. The predicted octanol–water partition coefficient (Wildman–Crippen LogP) is 9.09. The second kappa shape index (κ2) is 9.50. The van der Waals surface area contributed by atoms with Gasteiger partial charge in [-0.3, -0.25) is 0 Å². The third kappa shape index (κ3) is 9.23. The first kappa shape index (κ1) is 35.3. The number of hydrogen-bond acceptors (Lipinski definition) is 0. The van der Waals surface area contributed by atoms with Gasteiger partial charge in [-0.05, 0) is 6.42 Å². The van der Waals surface area contributed by atoms with E-state index >= 15 is 0 Å². The van der Waals surface area contributed by atoms with E-state index in [-0.39, 0.29) is 0 Å². The average Bonchev–Trinajstić information content (AvgIpc) is 3.08. The van der Waals surface area contributed by atoms with E-state index in [1.165, 1.54) is 10.8 Å². The first-order valence-electron chi connectivity index (χ1n) is 9.28. The topological polar surface area (TPSA) is 8.81 Å². The van der Waals surface area contributed by atoms with Gasteiger partial charge < -0.3 is 0 Å². The molecule has 37 heavy (non-hydrogen) atoms. The van der Waals surface area contributed by atoms with Gasteiger partial charge in [0, 0.05) is 0 Å². The third-order valence-electron chi connectivity index (χ3n) is 4.20. The number of rotatable bonds is 10. The number of imidazole rings is 1. The van der Waals surface area contributed by atoms with E-state index in [1.54, 1.807) is 0 Å². The van der Waals surface area contributed by atoms with Crippen molar-refractivity contribution in [1.29, 1.82) is 0 Å². The summed E-state index contributed by atoms with van der Waals surface area (Å²) in [6.07, 6.45) is -4.80. The first-order chi connectivity index (χ1) is 15.7. The molecule has 0 N–H and O–H groups in total. The molecule has 0 atom stereocenters. The molecule has 224 valence electrons. The van der Waals surface area contributed by atoms with Crippen molar-refractivity contribution in [2.75, 3.05) is 0 Å². The van der Waals surface area contributed by atoms with Gasteiger partial charge in [0.05, 0.1) is 19.5 Å². The zero-order valence-electron chi connectivity index (χ0n) is 17.8. The van der Waals surface area contributed by atoms with Gasteiger partial charge in [-0.2, -0.15) is 57.1 Å². The fourth-order valence-corrected chi connectivity index (χ4v) is 2.27. The van der Waals surface area contributed by atoms with Gasteiger partial charge in [-0.15, -0.1) is 0 Å². The van der Waals surface area contributed by atoms with Crippen molar-refractivity contribution in [3.8, 4) is 0 Å². The normalized spacial score (nSPS) is 16.5. The molecule has 2 nitrogen and oxygen atoms in total. The number of unbranched alkanes of at least 4 members (excludes halogenated alkanes) is 1. The van der Waals surface area contributed by atoms with E-state index < -0.39 is 56.6 Å². The Morgan fingerprint density at radius 3 is 1.46 bits per heavy atom. The Kier molecular flexibility index (Phi) is 9.06. The molecule has 0 aliphatic heterocycles. The molecule has 0 aliphatic carbocycles. The van der Waals surface area contributed by atoms with Crippen LogP contribution in [0.15, 0.2) is 18.7 Å². The number of nitrogens with zero attached hydrogens (tertiary/aromatic N) is 2. The van der Waals surface area contributed by atoms with Gasteiger partial charge in [-0.25, -0.2) is 9.13 Å². The Morgan fingerprint density at radius 1 is 0.676 bits per heavy atom. The number of halogens is 19. The van der Waals surface area contributed by atoms with Gasteiger partial charge in [-0.1, -0.05) is 13.3 Å². The Bertz CT molecular complexity index is 886. The molecule has 1 aromatic rings. The molecule has 0 bridgehead atoms. The van der Waals surface area contributed by atoms with Crippen molar-refractivity contribution in [3.63, 3.8) is 0 Å². The number of hydrogen-bond donors (Lipinski definition) is 0. The van der Waals surface area contributed by atoms with Crippen molar-refractivity contribution in [3.05, 3.63) is 18.7 Å². The quantitative estimate of drug-likeness (QED) is 0.141. The second-order valence-corrected chi connectivity index (χ2v) is 9.37. The molecule has 0 aliphatic rings. The van der Waals surface area contributed by atoms with Crippen LogP contribution in [0.1, 0.15) is 26.2 Å². The van der Waals surface area contributed by atoms with Crippen molar-refractivity contribution < 1.29 is 86.8 Å². The molecule has 0 amide bonds. The molecule has 1 heterocycles. The van der Waals surface area contributed by atoms with Crippen LogP contribution in [0.5, 0.6) is 0 Å². The molecular weight excluding hydrogens is 600 g/mol. The van der Waals surface area contributed by atoms with E-state index in [4.69, 9.17) is 0 Å². The van der Waals surface area contributed by atoms with Crippen LogP contribution >= 0.6 is 7.81 Å². The van der Waals surface area contributed by atoms with Crippen LogP contribution < -0.4 is 4.57 Å². The summed E-state index contributed by atoms with van der Waals surface area (Å²) in [6.45, 7) is 1.06. The summed E-state index contributed by atoms with van der Waals surface area (Å²) >= 11 is 0. The number of alkyl halides is 13. The van der Waals surface area contributed by atoms with Gasteiger partial charge in [0.25, 0.3) is 0 Å². The maximum absolute atomic E-state index is 13.7. The van der Waals surface area contributed by atoms with Gasteiger partial charge in [0.1, 0.15) is 12.4 Å². The second-order valence-electron chi connectivity index (χ2n) is 7.45. The van der Waals surface area contributed by atoms with E-state index in [2.05, 4.69) is 0 Å². The molecular formula is C15H16F19N2P. The average molecular weight is 616 g/mol. The summed E-state index contributed by atoms with van der Waals surface area (Å²) in [4.78, 5) is 0. The minimum atomic E-state index is -10.7. The van der Waals surface area contributed by atoms with Crippen LogP contribution in [0.3, 0.4) is 0 Å². The van der Waals surface area contributed by atoms with Crippen LogP contribution in [0.4, 0.5) is 82.3 Å². The van der Waals surface area contributed by atoms with Crippen molar-refractivity contribution in [2.45, 2.75) is 75.1 Å². The Hall–Kier alpha value is -1.69. The van der Waals surface area contributed by atoms with Crippen LogP contribution in [0.25, 0.3) is 0 Å². The zero-order chi connectivity index (χ0) is 30.2. The Morgan fingerprint density at radius 2 is 1.08 bits per heavy atom. The summed E-state index contributed by atoms with van der Waals surface area (Å²) in [5.74, 6) is -36.6. The molecule has 0 spiro atoms. The summed E-state index contributed by atoms with van der Waals surface area (Å²) in [5.41, 5.74) is 0. The molecule has 1 aromatic heterocycles. The fourth-order valence-electron chi connectivity index (χ4n) is 2.27. The molecule has 0 aromatic carbocycles. The van der Waals surface area contributed by atoms with E-state index in [1.807, 2.05) is 6.92 Å². The fraction of sp³-hybridized carbons (Fsp3) is 0.800. The summed E-state index contributed by atoms with van der Waals surface area (Å²) in [6, 6.07) is 0. The van der Waals surface area contributed by atoms with Gasteiger partial charge >= 0.3 is 68.8 Å². The van der Waals surface area contributed by atoms with Crippen LogP contribution in [-0.4, -0.2) is 40.4 Å². The molecule has 0 unspecified atom stereocenters. The number of aryl methyl sites for hydroxylation is 2. The van der Waals surface area contributed by atoms with E-state index in [9.17, 15) is 82.3 Å². The summed E-state index contributed by atoms with van der Waals surface area (Å²) < 4.78 is 231. The zero-order valence-corrected chi connectivity index (χ0v) is 18.7. The van der Waals surface area contributed by atoms with Crippen molar-refractivity contribution in [1.82, 2.24) is 4.57 Å². The minimum absolute atomic E-state index is 0.382. The molecule has 1 rings (SSSR count). The van der Waals surface area contributed by atoms with Crippen LogP contribution in [0.2, 0.25) is 0 Å². The molecule has 0 saturated heterocycles. The monoisotopic (exact) mass is 616 g/mol. The summed E-state index contributed by atoms with van der Waals surface area (Å²) in [5, 5.41) is 0. The van der Waals surface area contributed by atoms with E-state index in [0.717, 1.165) is 23.5 Å². The van der Waals surface area contributed by atoms with Crippen molar-refractivity contribution in [2.24, 2.45) is 0 Å². The third-order valence-corrected chi connectivity index (χ3v) is 4.20. The van der Waals surface area contributed by atoms with Crippen LogP contribution in [0, 0.1) is 0 Å². The predicted molar refractivity (Wildman–Crippen MR) is 88.5 cm³/mol. The van der Waals surface area contributed by atoms with Gasteiger partial charge in [0.2, 0.25) is 6.33 Å². The molecule has 22 heteroatoms. The standard InChI is InChI=1S/C15H16F13N2.F6P/c1-2-3-5-29-7-8-30(9-29)6-4-10(16,17)11(18,19)12(20,21)13(22,23)14(24,25)15(26,27)28;1-7(2,3,4,5)6/h7-9H,2-6H2,1H3;/q+1;-1. The number of aromatic nitrogens is 2. The SMILES string of the molecule is CCCC[n+]1ccn(CCC(F)(F)C(F)(F)C(F)(F)C(F)(F)C(F)(F)C(F)(F)F)c1.F[P-](F)(F)(F)(F)F.